The lowest BCUT2D eigenvalue weighted by atomic mass is 10.2. The summed E-state index contributed by atoms with van der Waals surface area (Å²) >= 11 is 11.7. The third kappa shape index (κ3) is 8.74. The first kappa shape index (κ1) is 21.3. The Kier molecular flexibility index (Phi) is 9.96. The van der Waals surface area contributed by atoms with Gasteiger partial charge in [0.05, 0.1) is 23.7 Å². The minimum atomic E-state index is -0.489. The smallest absolute Gasteiger partial charge is 0.253 e. The summed E-state index contributed by atoms with van der Waals surface area (Å²) in [6.45, 7) is 2.35. The standard InChI is InChI=1S/C17H23Cl2N3O3/c1-2-3-4-5-8-20-15(23)10-21-16(24)11-22-17(25)13-7-6-12(18)9-14(13)19/h6-7,9H,2-5,8,10-11H2,1H3,(H,20,23)(H,21,24)(H,22,25). The van der Waals surface area contributed by atoms with Gasteiger partial charge in [-0.05, 0) is 24.6 Å². The van der Waals surface area contributed by atoms with Crippen molar-refractivity contribution in [2.24, 2.45) is 0 Å². The van der Waals surface area contributed by atoms with Crippen molar-refractivity contribution in [3.63, 3.8) is 0 Å². The van der Waals surface area contributed by atoms with Gasteiger partial charge in [-0.25, -0.2) is 0 Å². The minimum Gasteiger partial charge on any atom is -0.355 e. The largest absolute Gasteiger partial charge is 0.355 e. The molecule has 3 N–H and O–H groups in total. The molecule has 0 saturated heterocycles. The summed E-state index contributed by atoms with van der Waals surface area (Å²) in [6, 6.07) is 4.46. The number of nitrogens with one attached hydrogen (secondary N) is 3. The molecule has 8 heteroatoms. The number of halogens is 2. The van der Waals surface area contributed by atoms with E-state index in [1.165, 1.54) is 18.2 Å². The molecule has 0 heterocycles. The van der Waals surface area contributed by atoms with Gasteiger partial charge in [0.2, 0.25) is 11.8 Å². The van der Waals surface area contributed by atoms with E-state index >= 15 is 0 Å². The Bertz CT molecular complexity index is 609. The van der Waals surface area contributed by atoms with Crippen LogP contribution in [0.25, 0.3) is 0 Å². The molecule has 25 heavy (non-hydrogen) atoms. The summed E-state index contributed by atoms with van der Waals surface area (Å²) in [5.74, 6) is -1.20. The highest BCUT2D eigenvalue weighted by molar-refractivity contribution is 6.36. The maximum absolute atomic E-state index is 11.9. The second kappa shape index (κ2) is 11.7. The maximum atomic E-state index is 11.9. The van der Waals surface area contributed by atoms with Crippen LogP contribution in [-0.2, 0) is 9.59 Å². The number of benzene rings is 1. The molecule has 0 aromatic heterocycles. The molecule has 0 atom stereocenters. The third-order valence-electron chi connectivity index (χ3n) is 3.38. The molecule has 6 nitrogen and oxygen atoms in total. The fraction of sp³-hybridized carbons (Fsp3) is 0.471. The molecule has 138 valence electrons. The summed E-state index contributed by atoms with van der Waals surface area (Å²) in [4.78, 5) is 35.2. The summed E-state index contributed by atoms with van der Waals surface area (Å²) in [5, 5.41) is 8.23. The first-order valence-corrected chi connectivity index (χ1v) is 8.96. The zero-order valence-corrected chi connectivity index (χ0v) is 15.7. The SMILES string of the molecule is CCCCCCNC(=O)CNC(=O)CNC(=O)c1ccc(Cl)cc1Cl. The van der Waals surface area contributed by atoms with Crippen LogP contribution < -0.4 is 16.0 Å². The number of amides is 3. The summed E-state index contributed by atoms with van der Waals surface area (Å²) < 4.78 is 0. The quantitative estimate of drug-likeness (QED) is 0.539. The Morgan fingerprint density at radius 1 is 0.920 bits per heavy atom. The normalized spacial score (nSPS) is 10.2. The van der Waals surface area contributed by atoms with Gasteiger partial charge in [0.25, 0.3) is 5.91 Å². The van der Waals surface area contributed by atoms with Crippen LogP contribution in [0, 0.1) is 0 Å². The van der Waals surface area contributed by atoms with Gasteiger partial charge in [-0.15, -0.1) is 0 Å². The van der Waals surface area contributed by atoms with Gasteiger partial charge in [-0.2, -0.15) is 0 Å². The number of rotatable bonds is 10. The van der Waals surface area contributed by atoms with Crippen LogP contribution in [0.1, 0.15) is 43.0 Å². The van der Waals surface area contributed by atoms with Crippen LogP contribution in [0.3, 0.4) is 0 Å². The average molecular weight is 388 g/mol. The molecule has 0 aliphatic rings. The number of unbranched alkanes of at least 4 members (excludes halogenated alkanes) is 3. The molecule has 1 rings (SSSR count). The van der Waals surface area contributed by atoms with Crippen molar-refractivity contribution in [3.8, 4) is 0 Å². The molecule has 0 fully saturated rings. The lowest BCUT2D eigenvalue weighted by molar-refractivity contribution is -0.125. The second-order valence-electron chi connectivity index (χ2n) is 5.49. The van der Waals surface area contributed by atoms with E-state index in [0.717, 1.165) is 25.7 Å². The molecule has 0 aliphatic heterocycles. The molecule has 0 radical (unpaired) electrons. The van der Waals surface area contributed by atoms with Crippen molar-refractivity contribution in [2.75, 3.05) is 19.6 Å². The van der Waals surface area contributed by atoms with Gasteiger partial charge in [0, 0.05) is 11.6 Å². The molecule has 1 aromatic rings. The second-order valence-corrected chi connectivity index (χ2v) is 6.34. The highest BCUT2D eigenvalue weighted by Gasteiger charge is 2.12. The molecule has 0 spiro atoms. The highest BCUT2D eigenvalue weighted by Crippen LogP contribution is 2.20. The predicted molar refractivity (Wildman–Crippen MR) is 99.0 cm³/mol. The van der Waals surface area contributed by atoms with Gasteiger partial charge in [0.15, 0.2) is 0 Å². The first-order chi connectivity index (χ1) is 11.9. The molecule has 0 saturated carbocycles. The minimum absolute atomic E-state index is 0.121. The topological polar surface area (TPSA) is 87.3 Å². The van der Waals surface area contributed by atoms with E-state index < -0.39 is 11.8 Å². The van der Waals surface area contributed by atoms with Crippen molar-refractivity contribution in [3.05, 3.63) is 33.8 Å². The third-order valence-corrected chi connectivity index (χ3v) is 3.93. The molecular weight excluding hydrogens is 365 g/mol. The van der Waals surface area contributed by atoms with Crippen LogP contribution in [0.15, 0.2) is 18.2 Å². The van der Waals surface area contributed by atoms with Crippen LogP contribution >= 0.6 is 23.2 Å². The maximum Gasteiger partial charge on any atom is 0.253 e. The van der Waals surface area contributed by atoms with Crippen LogP contribution in [0.4, 0.5) is 0 Å². The molecule has 0 unspecified atom stereocenters. The van der Waals surface area contributed by atoms with Crippen LogP contribution in [-0.4, -0.2) is 37.4 Å². The van der Waals surface area contributed by atoms with Crippen molar-refractivity contribution >= 4 is 40.9 Å². The van der Waals surface area contributed by atoms with Crippen LogP contribution in [0.2, 0.25) is 10.0 Å². The van der Waals surface area contributed by atoms with E-state index in [1.54, 1.807) is 0 Å². The van der Waals surface area contributed by atoms with Crippen molar-refractivity contribution in [1.29, 1.82) is 0 Å². The van der Waals surface area contributed by atoms with Gasteiger partial charge in [-0.1, -0.05) is 49.4 Å². The lowest BCUT2D eigenvalue weighted by Gasteiger charge is -2.09. The van der Waals surface area contributed by atoms with Crippen molar-refractivity contribution in [1.82, 2.24) is 16.0 Å². The molecule has 0 bridgehead atoms. The number of carbonyl (C=O) groups is 3. The Hall–Kier alpha value is -1.79. The van der Waals surface area contributed by atoms with E-state index in [4.69, 9.17) is 23.2 Å². The van der Waals surface area contributed by atoms with E-state index in [9.17, 15) is 14.4 Å². The monoisotopic (exact) mass is 387 g/mol. The lowest BCUT2D eigenvalue weighted by Crippen LogP contribution is -2.42. The summed E-state index contributed by atoms with van der Waals surface area (Å²) in [5.41, 5.74) is 0.226. The molecule has 3 amide bonds. The fourth-order valence-electron chi connectivity index (χ4n) is 2.01. The predicted octanol–water partition coefficient (Wildman–Crippen LogP) is 2.54. The van der Waals surface area contributed by atoms with E-state index in [1.807, 2.05) is 0 Å². The Morgan fingerprint density at radius 3 is 2.28 bits per heavy atom. The van der Waals surface area contributed by atoms with Crippen molar-refractivity contribution in [2.45, 2.75) is 32.6 Å². The Labute approximate surface area is 157 Å². The van der Waals surface area contributed by atoms with E-state index in [2.05, 4.69) is 22.9 Å². The molecule has 0 aliphatic carbocycles. The first-order valence-electron chi connectivity index (χ1n) is 8.20. The van der Waals surface area contributed by atoms with Crippen LogP contribution in [0.5, 0.6) is 0 Å². The zero-order chi connectivity index (χ0) is 18.7. The molecular formula is C17H23Cl2N3O3. The summed E-state index contributed by atoms with van der Waals surface area (Å²) in [7, 11) is 0. The van der Waals surface area contributed by atoms with Gasteiger partial charge in [-0.3, -0.25) is 14.4 Å². The van der Waals surface area contributed by atoms with E-state index in [0.29, 0.717) is 11.6 Å². The number of hydrogen-bond acceptors (Lipinski definition) is 3. The van der Waals surface area contributed by atoms with Gasteiger partial charge < -0.3 is 16.0 Å². The van der Waals surface area contributed by atoms with E-state index in [-0.39, 0.29) is 29.6 Å². The van der Waals surface area contributed by atoms with Gasteiger partial charge in [0.1, 0.15) is 0 Å². The van der Waals surface area contributed by atoms with Crippen molar-refractivity contribution < 1.29 is 14.4 Å². The zero-order valence-electron chi connectivity index (χ0n) is 14.2. The number of carbonyl (C=O) groups excluding carboxylic acids is 3. The Morgan fingerprint density at radius 2 is 1.60 bits per heavy atom. The number of hydrogen-bond donors (Lipinski definition) is 3. The fourth-order valence-corrected chi connectivity index (χ4v) is 2.51. The Balaban J connectivity index is 2.23. The molecule has 1 aromatic carbocycles. The van der Waals surface area contributed by atoms with Gasteiger partial charge >= 0.3 is 0 Å². The summed E-state index contributed by atoms with van der Waals surface area (Å²) in [6.07, 6.45) is 4.27. The highest BCUT2D eigenvalue weighted by atomic mass is 35.5. The average Bonchev–Trinajstić information content (AvgIpc) is 2.57.